The van der Waals surface area contributed by atoms with Crippen LogP contribution in [0.4, 0.5) is 16.3 Å². The number of nitrogen functional groups attached to an aromatic ring is 1. The molecule has 0 spiro atoms. The van der Waals surface area contributed by atoms with Crippen molar-refractivity contribution >= 4 is 11.9 Å². The number of alkyl halides is 1. The number of benzene rings is 2. The lowest BCUT2D eigenvalue weighted by atomic mass is 10.0. The molecule has 1 heterocycles. The van der Waals surface area contributed by atoms with Crippen molar-refractivity contribution in [3.05, 3.63) is 76.1 Å². The van der Waals surface area contributed by atoms with Crippen LogP contribution in [0.1, 0.15) is 78.3 Å². The van der Waals surface area contributed by atoms with E-state index < -0.39 is 12.3 Å². The maximum Gasteiger partial charge on any atom is 0.228 e. The number of halogens is 1. The van der Waals surface area contributed by atoms with E-state index >= 15 is 0 Å². The number of aromatic nitrogens is 3. The van der Waals surface area contributed by atoms with Crippen LogP contribution < -0.4 is 11.1 Å². The van der Waals surface area contributed by atoms with E-state index in [9.17, 15) is 14.6 Å². The first-order valence-electron chi connectivity index (χ1n) is 11.2. The topological polar surface area (TPSA) is 117 Å². The standard InChI is InChI=1S/C16H20FN5O.C9H10O/c1-7-4-5-10-11(6-7)12(8(2)13(10)23)19-16-21-14(9(3)17)20-15(18)22-16;10-9-6-5-7-3-1-2-4-8(7)9/h4-6,8-9,12-13,23H,1-3H3,(H3,18,19,20,21,22);1-4,9-10H,5-6H2/t8-,9-,12-,13?;/m1./s1. The zero-order chi connectivity index (χ0) is 23.7. The second-order valence-electron chi connectivity index (χ2n) is 8.80. The Bertz CT molecular complexity index is 1140. The summed E-state index contributed by atoms with van der Waals surface area (Å²) in [5.41, 5.74) is 11.1. The zero-order valence-electron chi connectivity index (χ0n) is 19.0. The van der Waals surface area contributed by atoms with Crippen molar-refractivity contribution in [2.45, 2.75) is 58.0 Å². The minimum absolute atomic E-state index is 0.00401. The minimum Gasteiger partial charge on any atom is -0.388 e. The van der Waals surface area contributed by atoms with Crippen LogP contribution in [-0.2, 0) is 6.42 Å². The summed E-state index contributed by atoms with van der Waals surface area (Å²) < 4.78 is 13.5. The second kappa shape index (κ2) is 9.41. The first-order chi connectivity index (χ1) is 15.7. The first kappa shape index (κ1) is 23.1. The molecule has 5 atom stereocenters. The lowest BCUT2D eigenvalue weighted by Crippen LogP contribution is -2.19. The Labute approximate surface area is 192 Å². The van der Waals surface area contributed by atoms with Crippen LogP contribution in [0.5, 0.6) is 0 Å². The second-order valence-corrected chi connectivity index (χ2v) is 8.80. The number of nitrogens with one attached hydrogen (secondary N) is 1. The van der Waals surface area contributed by atoms with E-state index in [0.29, 0.717) is 0 Å². The van der Waals surface area contributed by atoms with Crippen molar-refractivity contribution in [3.63, 3.8) is 0 Å². The van der Waals surface area contributed by atoms with E-state index in [1.165, 1.54) is 12.5 Å². The van der Waals surface area contributed by atoms with Gasteiger partial charge in [-0.2, -0.15) is 15.0 Å². The molecule has 0 radical (unpaired) electrons. The number of fused-ring (bicyclic) bond motifs is 2. The van der Waals surface area contributed by atoms with Crippen molar-refractivity contribution in [3.8, 4) is 0 Å². The molecule has 2 aliphatic carbocycles. The molecule has 0 saturated heterocycles. The fraction of sp³-hybridized carbons (Fsp3) is 0.400. The van der Waals surface area contributed by atoms with Gasteiger partial charge in [-0.05, 0) is 48.9 Å². The normalized spacial score (nSPS) is 23.8. The van der Waals surface area contributed by atoms with Gasteiger partial charge in [-0.3, -0.25) is 0 Å². The van der Waals surface area contributed by atoms with E-state index in [0.717, 1.165) is 35.1 Å². The number of aliphatic hydroxyl groups excluding tert-OH is 2. The SMILES string of the molecule is Cc1ccc2c(c1)[C@H](Nc1nc(N)nc([C@@H](C)F)n1)[C@@H](C)C2O.OC1CCc2ccccc21. The number of rotatable bonds is 3. The highest BCUT2D eigenvalue weighted by Gasteiger charge is 2.37. The van der Waals surface area contributed by atoms with Crippen molar-refractivity contribution in [1.29, 1.82) is 0 Å². The van der Waals surface area contributed by atoms with Gasteiger partial charge >= 0.3 is 0 Å². The average Bonchev–Trinajstić information content (AvgIpc) is 3.27. The highest BCUT2D eigenvalue weighted by atomic mass is 19.1. The number of anilines is 2. The van der Waals surface area contributed by atoms with Crippen LogP contribution in [0, 0.1) is 12.8 Å². The van der Waals surface area contributed by atoms with Crippen LogP contribution in [0.15, 0.2) is 42.5 Å². The molecular formula is C25H30FN5O2. The highest BCUT2D eigenvalue weighted by molar-refractivity contribution is 5.46. The molecule has 0 bridgehead atoms. The average molecular weight is 452 g/mol. The molecular weight excluding hydrogens is 421 g/mol. The fourth-order valence-corrected chi connectivity index (χ4v) is 4.52. The number of nitrogens with two attached hydrogens (primary N) is 1. The van der Waals surface area contributed by atoms with Gasteiger partial charge in [0.05, 0.1) is 18.2 Å². The third-order valence-electron chi connectivity index (χ3n) is 6.33. The third-order valence-corrected chi connectivity index (χ3v) is 6.33. The van der Waals surface area contributed by atoms with Gasteiger partial charge in [0.25, 0.3) is 0 Å². The molecule has 0 aliphatic heterocycles. The summed E-state index contributed by atoms with van der Waals surface area (Å²) >= 11 is 0. The number of nitrogens with zero attached hydrogens (tertiary/aromatic N) is 3. The summed E-state index contributed by atoms with van der Waals surface area (Å²) in [4.78, 5) is 11.9. The van der Waals surface area contributed by atoms with Crippen LogP contribution in [0.3, 0.4) is 0 Å². The molecule has 2 aliphatic rings. The lowest BCUT2D eigenvalue weighted by Gasteiger charge is -2.20. The van der Waals surface area contributed by atoms with Gasteiger partial charge in [0, 0.05) is 5.92 Å². The molecule has 1 aromatic heterocycles. The smallest absolute Gasteiger partial charge is 0.228 e. The van der Waals surface area contributed by atoms with Gasteiger partial charge in [0.15, 0.2) is 12.0 Å². The summed E-state index contributed by atoms with van der Waals surface area (Å²) in [6.45, 7) is 5.29. The Morgan fingerprint density at radius 1 is 1.06 bits per heavy atom. The van der Waals surface area contributed by atoms with E-state index in [2.05, 4.69) is 26.3 Å². The Morgan fingerprint density at radius 2 is 1.82 bits per heavy atom. The van der Waals surface area contributed by atoms with E-state index in [1.807, 2.05) is 50.2 Å². The minimum atomic E-state index is -1.33. The molecule has 5 rings (SSSR count). The molecule has 33 heavy (non-hydrogen) atoms. The zero-order valence-corrected chi connectivity index (χ0v) is 19.0. The molecule has 174 valence electrons. The largest absolute Gasteiger partial charge is 0.388 e. The van der Waals surface area contributed by atoms with Gasteiger partial charge in [-0.15, -0.1) is 0 Å². The highest BCUT2D eigenvalue weighted by Crippen LogP contribution is 2.45. The Kier molecular flexibility index (Phi) is 6.58. The molecule has 2 aromatic carbocycles. The molecule has 7 nitrogen and oxygen atoms in total. The molecule has 0 saturated carbocycles. The predicted molar refractivity (Wildman–Crippen MR) is 125 cm³/mol. The van der Waals surface area contributed by atoms with Gasteiger partial charge in [0.1, 0.15) is 0 Å². The van der Waals surface area contributed by atoms with Crippen LogP contribution in [0.2, 0.25) is 0 Å². The quantitative estimate of drug-likeness (QED) is 0.469. The number of aliphatic hydroxyl groups is 2. The van der Waals surface area contributed by atoms with Crippen LogP contribution in [-0.4, -0.2) is 25.2 Å². The molecule has 2 unspecified atom stereocenters. The van der Waals surface area contributed by atoms with Crippen LogP contribution >= 0.6 is 0 Å². The first-order valence-corrected chi connectivity index (χ1v) is 11.2. The molecule has 5 N–H and O–H groups in total. The summed E-state index contributed by atoms with van der Waals surface area (Å²) in [6, 6.07) is 13.9. The molecule has 3 aromatic rings. The van der Waals surface area contributed by atoms with Gasteiger partial charge < -0.3 is 21.3 Å². The van der Waals surface area contributed by atoms with Crippen LogP contribution in [0.25, 0.3) is 0 Å². The Morgan fingerprint density at radius 3 is 2.55 bits per heavy atom. The number of hydrogen-bond acceptors (Lipinski definition) is 7. The predicted octanol–water partition coefficient (Wildman–Crippen LogP) is 4.30. The van der Waals surface area contributed by atoms with E-state index in [1.54, 1.807) is 0 Å². The van der Waals surface area contributed by atoms with Crippen molar-refractivity contribution in [2.24, 2.45) is 5.92 Å². The van der Waals surface area contributed by atoms with Gasteiger partial charge in [0.2, 0.25) is 11.9 Å². The Balaban J connectivity index is 0.000000214. The van der Waals surface area contributed by atoms with Crippen molar-refractivity contribution in [2.75, 3.05) is 11.1 Å². The van der Waals surface area contributed by atoms with E-state index in [4.69, 9.17) is 5.73 Å². The fourth-order valence-electron chi connectivity index (χ4n) is 4.52. The van der Waals surface area contributed by atoms with Gasteiger partial charge in [-0.1, -0.05) is 55.0 Å². The lowest BCUT2D eigenvalue weighted by molar-refractivity contribution is 0.124. The maximum atomic E-state index is 13.5. The summed E-state index contributed by atoms with van der Waals surface area (Å²) in [7, 11) is 0. The maximum absolute atomic E-state index is 13.5. The van der Waals surface area contributed by atoms with Gasteiger partial charge in [-0.25, -0.2) is 4.39 Å². The van der Waals surface area contributed by atoms with E-state index in [-0.39, 0.29) is 35.8 Å². The summed E-state index contributed by atoms with van der Waals surface area (Å²) in [5, 5.41) is 23.0. The molecule has 8 heteroatoms. The van der Waals surface area contributed by atoms with Crippen molar-refractivity contribution < 1.29 is 14.6 Å². The third kappa shape index (κ3) is 4.82. The Hall–Kier alpha value is -3.10. The van der Waals surface area contributed by atoms with Crippen molar-refractivity contribution in [1.82, 2.24) is 15.0 Å². The number of aryl methyl sites for hydroxylation is 2. The molecule has 0 fully saturated rings. The summed E-state index contributed by atoms with van der Waals surface area (Å²) in [5.74, 6) is 0.111. The number of hydrogen-bond donors (Lipinski definition) is 4. The molecule has 0 amide bonds. The summed E-state index contributed by atoms with van der Waals surface area (Å²) in [6.07, 6.45) is -0.156. The monoisotopic (exact) mass is 451 g/mol.